The molecule has 2 N–H and O–H groups in total. The number of benzene rings is 1. The van der Waals surface area contributed by atoms with E-state index < -0.39 is 0 Å². The minimum absolute atomic E-state index is 0.0536. The number of hydrogen-bond donors (Lipinski definition) is 2. The molecule has 0 radical (unpaired) electrons. The lowest BCUT2D eigenvalue weighted by atomic mass is 9.85. The lowest BCUT2D eigenvalue weighted by Crippen LogP contribution is -2.19. The fourth-order valence-corrected chi connectivity index (χ4v) is 1.71. The van der Waals surface area contributed by atoms with Crippen LogP contribution in [0.5, 0.6) is 0 Å². The van der Waals surface area contributed by atoms with Crippen molar-refractivity contribution in [2.24, 2.45) is 0 Å². The molecule has 1 aromatic rings. The van der Waals surface area contributed by atoms with Gasteiger partial charge in [0.25, 0.3) is 0 Å². The summed E-state index contributed by atoms with van der Waals surface area (Å²) in [5.41, 5.74) is 4.27. The van der Waals surface area contributed by atoms with Crippen LogP contribution in [0, 0.1) is 6.92 Å². The summed E-state index contributed by atoms with van der Waals surface area (Å²) in [5.74, 6) is 0. The molecule has 1 aromatic carbocycles. The topological polar surface area (TPSA) is 32.3 Å². The zero-order valence-electron chi connectivity index (χ0n) is 10.8. The Bertz CT molecular complexity index is 339. The summed E-state index contributed by atoms with van der Waals surface area (Å²) < 4.78 is 0. The maximum atomic E-state index is 8.69. The molecular formula is C14H23NO. The number of rotatable bonds is 4. The number of nitrogens with one attached hydrogen (secondary N) is 1. The van der Waals surface area contributed by atoms with Crippen molar-refractivity contribution in [3.05, 3.63) is 34.9 Å². The third kappa shape index (κ3) is 3.62. The highest BCUT2D eigenvalue weighted by atomic mass is 16.3. The minimum atomic E-state index is 0.0536. The van der Waals surface area contributed by atoms with Gasteiger partial charge in [0, 0.05) is 6.54 Å². The van der Waals surface area contributed by atoms with E-state index in [2.05, 4.69) is 51.2 Å². The minimum Gasteiger partial charge on any atom is -0.381 e. The summed E-state index contributed by atoms with van der Waals surface area (Å²) >= 11 is 0. The van der Waals surface area contributed by atoms with Crippen LogP contribution in [0.3, 0.4) is 0 Å². The number of aliphatic hydroxyl groups is 1. The van der Waals surface area contributed by atoms with Gasteiger partial charge in [0.15, 0.2) is 0 Å². The second-order valence-electron chi connectivity index (χ2n) is 5.30. The molecule has 0 unspecified atom stereocenters. The van der Waals surface area contributed by atoms with Crippen molar-refractivity contribution in [1.29, 1.82) is 0 Å². The molecular weight excluding hydrogens is 198 g/mol. The summed E-state index contributed by atoms with van der Waals surface area (Å²) in [4.78, 5) is 0. The predicted molar refractivity (Wildman–Crippen MR) is 68.7 cm³/mol. The number of aliphatic hydroxyl groups excluding tert-OH is 1. The van der Waals surface area contributed by atoms with Crippen LogP contribution >= 0.6 is 0 Å². The van der Waals surface area contributed by atoms with E-state index in [4.69, 9.17) is 5.11 Å². The lowest BCUT2D eigenvalue weighted by Gasteiger charge is -2.21. The van der Waals surface area contributed by atoms with E-state index in [1.807, 2.05) is 0 Å². The van der Waals surface area contributed by atoms with Crippen LogP contribution in [0.1, 0.15) is 37.5 Å². The van der Waals surface area contributed by atoms with Crippen LogP contribution < -0.4 is 5.32 Å². The van der Waals surface area contributed by atoms with Crippen LogP contribution in [-0.2, 0) is 11.8 Å². The Hall–Kier alpha value is -0.860. The summed E-state index contributed by atoms with van der Waals surface area (Å²) in [6.45, 7) is 9.71. The van der Waals surface area contributed by atoms with Gasteiger partial charge in [-0.25, -0.2) is 0 Å². The molecule has 2 heteroatoms. The highest BCUT2D eigenvalue weighted by Crippen LogP contribution is 2.24. The van der Waals surface area contributed by atoms with Crippen molar-refractivity contribution in [3.8, 4) is 0 Å². The van der Waals surface area contributed by atoms with Gasteiger partial charge < -0.3 is 5.11 Å². The molecule has 0 fully saturated rings. The van der Waals surface area contributed by atoms with Crippen LogP contribution in [0.15, 0.2) is 18.2 Å². The maximum absolute atomic E-state index is 8.69. The third-order valence-electron chi connectivity index (χ3n) is 2.90. The monoisotopic (exact) mass is 221 g/mol. The van der Waals surface area contributed by atoms with Gasteiger partial charge in [-0.15, -0.1) is 0 Å². The lowest BCUT2D eigenvalue weighted by molar-refractivity contribution is 0.262. The van der Waals surface area contributed by atoms with Gasteiger partial charge in [-0.05, 0) is 35.4 Å². The molecule has 0 atom stereocenters. The highest BCUT2D eigenvalue weighted by Gasteiger charge is 2.14. The Morgan fingerprint density at radius 3 is 2.50 bits per heavy atom. The van der Waals surface area contributed by atoms with E-state index in [0.29, 0.717) is 0 Å². The predicted octanol–water partition coefficient (Wildman–Crippen LogP) is 2.37. The summed E-state index contributed by atoms with van der Waals surface area (Å²) in [6, 6.07) is 6.68. The molecule has 0 saturated heterocycles. The summed E-state index contributed by atoms with van der Waals surface area (Å²) in [5, 5.41) is 11.6. The molecule has 0 spiro atoms. The van der Waals surface area contributed by atoms with Gasteiger partial charge in [0.1, 0.15) is 0 Å². The molecule has 0 aliphatic carbocycles. The largest absolute Gasteiger partial charge is 0.381 e. The van der Waals surface area contributed by atoms with E-state index in [0.717, 1.165) is 13.0 Å². The van der Waals surface area contributed by atoms with Crippen LogP contribution in [0.4, 0.5) is 0 Å². The molecule has 2 nitrogen and oxygen atoms in total. The van der Waals surface area contributed by atoms with Gasteiger partial charge >= 0.3 is 0 Å². The summed E-state index contributed by atoms with van der Waals surface area (Å²) in [7, 11) is 0. The van der Waals surface area contributed by atoms with Gasteiger partial charge in [-0.3, -0.25) is 5.32 Å². The fourth-order valence-electron chi connectivity index (χ4n) is 1.71. The number of aryl methyl sites for hydroxylation is 1. The molecule has 0 saturated carbocycles. The number of hydrogen-bond acceptors (Lipinski definition) is 2. The van der Waals surface area contributed by atoms with Gasteiger partial charge in [-0.1, -0.05) is 39.0 Å². The zero-order chi connectivity index (χ0) is 12.2. The normalized spacial score (nSPS) is 11.8. The Morgan fingerprint density at radius 2 is 1.94 bits per heavy atom. The Kier molecular flexibility index (Phi) is 4.51. The van der Waals surface area contributed by atoms with Crippen molar-refractivity contribution in [2.75, 3.05) is 13.3 Å². The second-order valence-corrected chi connectivity index (χ2v) is 5.30. The molecule has 0 heterocycles. The average molecular weight is 221 g/mol. The summed E-state index contributed by atoms with van der Waals surface area (Å²) in [6.07, 6.45) is 0.969. The molecule has 1 rings (SSSR count). The van der Waals surface area contributed by atoms with Gasteiger partial charge in [-0.2, -0.15) is 0 Å². The second kappa shape index (κ2) is 5.46. The molecule has 0 aliphatic heterocycles. The Labute approximate surface area is 98.7 Å². The van der Waals surface area contributed by atoms with E-state index >= 15 is 0 Å². The molecule has 0 amide bonds. The molecule has 0 bridgehead atoms. The third-order valence-corrected chi connectivity index (χ3v) is 2.90. The van der Waals surface area contributed by atoms with E-state index in [1.165, 1.54) is 16.7 Å². The first-order valence-electron chi connectivity index (χ1n) is 5.86. The molecule has 90 valence electrons. The van der Waals surface area contributed by atoms with Crippen molar-refractivity contribution in [1.82, 2.24) is 5.32 Å². The molecule has 0 aliphatic rings. The highest BCUT2D eigenvalue weighted by molar-refractivity contribution is 5.34. The fraction of sp³-hybridized carbons (Fsp3) is 0.571. The first-order chi connectivity index (χ1) is 7.45. The average Bonchev–Trinajstić information content (AvgIpc) is 2.19. The zero-order valence-corrected chi connectivity index (χ0v) is 10.8. The van der Waals surface area contributed by atoms with E-state index in [9.17, 15) is 0 Å². The maximum Gasteiger partial charge on any atom is 0.0931 e. The van der Waals surface area contributed by atoms with Gasteiger partial charge in [0.2, 0.25) is 0 Å². The first-order valence-corrected chi connectivity index (χ1v) is 5.86. The van der Waals surface area contributed by atoms with E-state index in [1.54, 1.807) is 0 Å². The van der Waals surface area contributed by atoms with Crippen LogP contribution in [0.25, 0.3) is 0 Å². The smallest absolute Gasteiger partial charge is 0.0931 e. The molecule has 16 heavy (non-hydrogen) atoms. The Morgan fingerprint density at radius 1 is 1.25 bits per heavy atom. The SMILES string of the molecule is Cc1ccc(C(C)(C)C)cc1CCNCO. The van der Waals surface area contributed by atoms with Gasteiger partial charge in [0.05, 0.1) is 6.73 Å². The Balaban J connectivity index is 2.83. The quantitative estimate of drug-likeness (QED) is 0.604. The van der Waals surface area contributed by atoms with Crippen molar-refractivity contribution >= 4 is 0 Å². The molecule has 0 aromatic heterocycles. The van der Waals surface area contributed by atoms with Crippen LogP contribution in [-0.4, -0.2) is 18.4 Å². The van der Waals surface area contributed by atoms with Crippen molar-refractivity contribution < 1.29 is 5.11 Å². The van der Waals surface area contributed by atoms with Crippen LogP contribution in [0.2, 0.25) is 0 Å². The van der Waals surface area contributed by atoms with E-state index in [-0.39, 0.29) is 12.1 Å². The van der Waals surface area contributed by atoms with Crippen molar-refractivity contribution in [2.45, 2.75) is 39.5 Å². The first kappa shape index (κ1) is 13.2. The van der Waals surface area contributed by atoms with Crippen molar-refractivity contribution in [3.63, 3.8) is 0 Å². The standard InChI is InChI=1S/C14H23NO/c1-11-5-6-13(14(2,3)4)9-12(11)7-8-15-10-16/h5-6,9,15-16H,7-8,10H2,1-4H3.